The molecule has 10 nitrogen and oxygen atoms in total. The van der Waals surface area contributed by atoms with E-state index in [2.05, 4.69) is 32.2 Å². The van der Waals surface area contributed by atoms with Crippen LogP contribution < -0.4 is 30.9 Å². The van der Waals surface area contributed by atoms with Crippen LogP contribution in [0.25, 0.3) is 0 Å². The van der Waals surface area contributed by atoms with E-state index in [1.165, 1.54) is 24.8 Å². The summed E-state index contributed by atoms with van der Waals surface area (Å²) in [7, 11) is 0. The van der Waals surface area contributed by atoms with Crippen molar-refractivity contribution in [2.24, 2.45) is 11.3 Å². The fraction of sp³-hybridized carbons (Fsp3) is 0.618. The minimum atomic E-state index is -2.68. The zero-order valence-corrected chi connectivity index (χ0v) is 28.6. The molecule has 5 rings (SSSR count). The third-order valence-electron chi connectivity index (χ3n) is 9.82. The number of rotatable bonds is 14. The van der Waals surface area contributed by atoms with Gasteiger partial charge in [0.25, 0.3) is 11.8 Å². The number of hydrogen-bond acceptors (Lipinski definition) is 10. The second kappa shape index (κ2) is 15.3. The molecule has 1 aromatic carbocycles. The molecule has 2 saturated heterocycles. The van der Waals surface area contributed by atoms with Crippen molar-refractivity contribution >= 4 is 52.5 Å². The van der Waals surface area contributed by atoms with Crippen LogP contribution in [0, 0.1) is 11.3 Å². The Labute approximate surface area is 281 Å². The number of nitrogens with zero attached hydrogens (tertiary/aromatic N) is 3. The Morgan fingerprint density at radius 2 is 1.72 bits per heavy atom. The third kappa shape index (κ3) is 8.98. The number of nitrogen functional groups attached to an aromatic ring is 1. The van der Waals surface area contributed by atoms with Crippen molar-refractivity contribution in [1.82, 2.24) is 10.3 Å². The van der Waals surface area contributed by atoms with Crippen molar-refractivity contribution in [3.05, 3.63) is 35.9 Å². The van der Waals surface area contributed by atoms with Gasteiger partial charge in [0.1, 0.15) is 18.5 Å². The Bertz CT molecular complexity index is 1390. The van der Waals surface area contributed by atoms with Crippen LogP contribution in [0.2, 0.25) is 0 Å². The largest absolute Gasteiger partial charge is 0.464 e. The molecular weight excluding hydrogens is 624 g/mol. The molecule has 1 aromatic heterocycles. The Hall–Kier alpha value is -3.32. The first-order valence-corrected chi connectivity index (χ1v) is 17.9. The van der Waals surface area contributed by atoms with E-state index in [1.54, 1.807) is 17.0 Å². The third-order valence-corrected chi connectivity index (χ3v) is 10.6. The summed E-state index contributed by atoms with van der Waals surface area (Å²) in [5.41, 5.74) is 9.24. The Balaban J connectivity index is 1.24. The highest BCUT2D eigenvalue weighted by molar-refractivity contribution is 8.00. The summed E-state index contributed by atoms with van der Waals surface area (Å²) in [6.45, 7) is 9.12. The molecule has 3 fully saturated rings. The van der Waals surface area contributed by atoms with Gasteiger partial charge in [-0.2, -0.15) is 0 Å². The second-order valence-electron chi connectivity index (χ2n) is 13.2. The summed E-state index contributed by atoms with van der Waals surface area (Å²) >= 11 is 1.45. The Kier molecular flexibility index (Phi) is 11.4. The quantitative estimate of drug-likeness (QED) is 0.105. The van der Waals surface area contributed by atoms with Crippen LogP contribution in [0.15, 0.2) is 30.3 Å². The van der Waals surface area contributed by atoms with Crippen molar-refractivity contribution < 1.29 is 23.1 Å². The number of pyridine rings is 1. The number of benzene rings is 1. The van der Waals surface area contributed by atoms with Gasteiger partial charge in [0.15, 0.2) is 5.82 Å². The molecule has 1 aliphatic carbocycles. The number of anilines is 5. The van der Waals surface area contributed by atoms with Crippen LogP contribution in [0.4, 0.5) is 37.5 Å². The van der Waals surface area contributed by atoms with E-state index >= 15 is 0 Å². The first-order valence-electron chi connectivity index (χ1n) is 16.9. The number of amides is 1. The predicted molar refractivity (Wildman–Crippen MR) is 187 cm³/mol. The van der Waals surface area contributed by atoms with Crippen LogP contribution in [0.3, 0.4) is 0 Å². The highest BCUT2D eigenvalue weighted by Crippen LogP contribution is 2.54. The minimum Gasteiger partial charge on any atom is -0.464 e. The van der Waals surface area contributed by atoms with E-state index < -0.39 is 5.92 Å². The number of nitrogens with one attached hydrogen (secondary N) is 3. The molecule has 1 saturated carbocycles. The van der Waals surface area contributed by atoms with E-state index in [0.717, 1.165) is 43.7 Å². The van der Waals surface area contributed by atoms with Crippen LogP contribution in [-0.2, 0) is 9.53 Å². The van der Waals surface area contributed by atoms with Gasteiger partial charge >= 0.3 is 5.97 Å². The van der Waals surface area contributed by atoms with Gasteiger partial charge in [0, 0.05) is 50.5 Å². The van der Waals surface area contributed by atoms with Crippen molar-refractivity contribution in [3.8, 4) is 0 Å². The smallest absolute Gasteiger partial charge is 0.323 e. The topological polar surface area (TPSA) is 125 Å². The summed E-state index contributed by atoms with van der Waals surface area (Å²) in [6.07, 6.45) is 5.14. The van der Waals surface area contributed by atoms with Crippen molar-refractivity contribution in [2.45, 2.75) is 77.7 Å². The highest BCUT2D eigenvalue weighted by atomic mass is 32.2. The highest BCUT2D eigenvalue weighted by Gasteiger charge is 2.44. The molecule has 2 atom stereocenters. The van der Waals surface area contributed by atoms with Gasteiger partial charge in [-0.25, -0.2) is 13.8 Å². The van der Waals surface area contributed by atoms with Gasteiger partial charge in [-0.1, -0.05) is 27.2 Å². The zero-order valence-electron chi connectivity index (χ0n) is 27.7. The zero-order chi connectivity index (χ0) is 33.6. The molecule has 2 aliphatic heterocycles. The lowest BCUT2D eigenvalue weighted by atomic mass is 9.93. The number of halogens is 2. The Morgan fingerprint density at radius 3 is 2.38 bits per heavy atom. The molecule has 0 radical (unpaired) electrons. The standard InChI is InChI=1S/C34H49F2N7O3S/c1-4-23(3)29(38-5-2)32(45)46-20-21-47-41-24-6-7-25(27(22-24)42-16-12-33(10-11-33)13-17-42)31(44)40-28-9-8-26(37)30(39-28)43-18-14-34(35,36)15-19-43/h6-9,22-23,29,38,41H,4-5,10-21,37H2,1-3H3,(H,39,40,44)/t23?,29-/m1/s1. The molecule has 0 bridgehead atoms. The lowest BCUT2D eigenvalue weighted by molar-refractivity contribution is -0.146. The summed E-state index contributed by atoms with van der Waals surface area (Å²) in [4.78, 5) is 34.9. The van der Waals surface area contributed by atoms with Crippen molar-refractivity contribution in [3.63, 3.8) is 0 Å². The van der Waals surface area contributed by atoms with Crippen molar-refractivity contribution in [2.75, 3.05) is 70.7 Å². The molecule has 1 unspecified atom stereocenters. The number of ether oxygens (including phenoxy) is 1. The number of aromatic nitrogens is 1. The van der Waals surface area contributed by atoms with Gasteiger partial charge < -0.3 is 35.6 Å². The number of likely N-dealkylation sites (N-methyl/N-ethyl adjacent to an activating group) is 1. The second-order valence-corrected chi connectivity index (χ2v) is 14.1. The van der Waals surface area contributed by atoms with E-state index in [0.29, 0.717) is 40.6 Å². The number of nitrogens with two attached hydrogens (primary N) is 1. The number of esters is 1. The van der Waals surface area contributed by atoms with E-state index in [1.807, 2.05) is 32.0 Å². The normalized spacial score (nSPS) is 19.6. The molecule has 13 heteroatoms. The van der Waals surface area contributed by atoms with Gasteiger partial charge in [-0.05, 0) is 85.8 Å². The number of hydrogen-bond donors (Lipinski definition) is 4. The molecule has 47 heavy (non-hydrogen) atoms. The maximum atomic E-state index is 13.8. The first-order chi connectivity index (χ1) is 22.5. The van der Waals surface area contributed by atoms with Gasteiger partial charge in [0.05, 0.1) is 16.9 Å². The molecule has 1 amide bonds. The lowest BCUT2D eigenvalue weighted by Crippen LogP contribution is -2.43. The molecule has 3 heterocycles. The SMILES string of the molecule is CCN[C@@H](C(=O)OCCSNc1ccc(C(=O)Nc2ccc(N)c(N3CCC(F)(F)CC3)n2)c(N2CCC3(CC2)CC3)c1)C(C)CC. The Morgan fingerprint density at radius 1 is 1.02 bits per heavy atom. The number of alkyl halides is 2. The van der Waals surface area contributed by atoms with Crippen LogP contribution in [0.1, 0.15) is 76.1 Å². The fourth-order valence-electron chi connectivity index (χ4n) is 6.34. The molecule has 3 aliphatic rings. The molecule has 2 aromatic rings. The maximum absolute atomic E-state index is 13.8. The van der Waals surface area contributed by atoms with Gasteiger partial charge in [-0.15, -0.1) is 0 Å². The maximum Gasteiger partial charge on any atom is 0.323 e. The summed E-state index contributed by atoms with van der Waals surface area (Å²) in [6, 6.07) is 8.65. The number of piperidine rings is 2. The molecule has 258 valence electrons. The van der Waals surface area contributed by atoms with Gasteiger partial charge in [-0.3, -0.25) is 9.59 Å². The average Bonchev–Trinajstić information content (AvgIpc) is 3.82. The van der Waals surface area contributed by atoms with E-state index in [9.17, 15) is 18.4 Å². The molecule has 1 spiro atoms. The fourth-order valence-corrected chi connectivity index (χ4v) is 6.90. The van der Waals surface area contributed by atoms with Crippen LogP contribution in [0.5, 0.6) is 0 Å². The van der Waals surface area contributed by atoms with Crippen LogP contribution in [-0.4, -0.2) is 73.9 Å². The van der Waals surface area contributed by atoms with E-state index in [-0.39, 0.29) is 56.4 Å². The minimum absolute atomic E-state index is 0.145. The summed E-state index contributed by atoms with van der Waals surface area (Å²) < 4.78 is 36.4. The average molecular weight is 674 g/mol. The summed E-state index contributed by atoms with van der Waals surface area (Å²) in [5, 5.41) is 6.15. The van der Waals surface area contributed by atoms with E-state index in [4.69, 9.17) is 10.5 Å². The number of carbonyl (C=O) groups excluding carboxylic acids is 2. The van der Waals surface area contributed by atoms with Crippen molar-refractivity contribution in [1.29, 1.82) is 0 Å². The molecular formula is C34H49F2N7O3S. The predicted octanol–water partition coefficient (Wildman–Crippen LogP) is 6.16. The number of carbonyl (C=O) groups is 2. The lowest BCUT2D eigenvalue weighted by Gasteiger charge is -2.35. The first kappa shape index (κ1) is 35.0. The molecule has 5 N–H and O–H groups in total. The summed E-state index contributed by atoms with van der Waals surface area (Å²) in [5.74, 6) is -1.74. The van der Waals surface area contributed by atoms with Gasteiger partial charge in [0.2, 0.25) is 0 Å². The monoisotopic (exact) mass is 673 g/mol. The van der Waals surface area contributed by atoms with Crippen LogP contribution >= 0.6 is 11.9 Å².